The van der Waals surface area contributed by atoms with Crippen LogP contribution in [0.2, 0.25) is 0 Å². The molecule has 1 atom stereocenters. The lowest BCUT2D eigenvalue weighted by atomic mass is 9.97. The van der Waals surface area contributed by atoms with Crippen molar-refractivity contribution in [1.82, 2.24) is 25.5 Å². The molecule has 0 fully saturated rings. The largest absolute Gasteiger partial charge is 0.354 e. The third kappa shape index (κ3) is 4.75. The molecule has 0 saturated carbocycles. The van der Waals surface area contributed by atoms with Crippen LogP contribution in [0.3, 0.4) is 0 Å². The lowest BCUT2D eigenvalue weighted by Crippen LogP contribution is -2.33. The second-order valence-electron chi connectivity index (χ2n) is 6.27. The zero-order chi connectivity index (χ0) is 17.6. The number of nitrogens with zero attached hydrogens (tertiary/aromatic N) is 4. The van der Waals surface area contributed by atoms with Gasteiger partial charge in [-0.15, -0.1) is 10.2 Å². The van der Waals surface area contributed by atoms with Crippen LogP contribution in [0.25, 0.3) is 11.4 Å². The molecule has 0 radical (unpaired) electrons. The zero-order valence-corrected chi connectivity index (χ0v) is 15.9. The number of carbonyl (C=O) groups excluding carboxylic acids is 1. The summed E-state index contributed by atoms with van der Waals surface area (Å²) in [7, 11) is 0. The van der Waals surface area contributed by atoms with Crippen molar-refractivity contribution >= 4 is 21.8 Å². The number of carbonyl (C=O) groups is 1. The van der Waals surface area contributed by atoms with Gasteiger partial charge < -0.3 is 5.32 Å². The van der Waals surface area contributed by atoms with Crippen LogP contribution in [0.5, 0.6) is 0 Å². The van der Waals surface area contributed by atoms with Gasteiger partial charge in [-0.1, -0.05) is 27.6 Å². The third-order valence-corrected chi connectivity index (χ3v) is 4.92. The molecule has 1 N–H and O–H groups in total. The van der Waals surface area contributed by atoms with E-state index in [0.29, 0.717) is 12.4 Å². The maximum absolute atomic E-state index is 12.3. The molecule has 1 amide bonds. The van der Waals surface area contributed by atoms with Crippen LogP contribution in [-0.4, -0.2) is 32.7 Å². The summed E-state index contributed by atoms with van der Waals surface area (Å²) in [5, 5.41) is 15.4. The fourth-order valence-electron chi connectivity index (χ4n) is 2.83. The summed E-state index contributed by atoms with van der Waals surface area (Å²) in [5.74, 6) is 0.427. The van der Waals surface area contributed by atoms with Crippen LogP contribution in [0, 0.1) is 0 Å². The van der Waals surface area contributed by atoms with Gasteiger partial charge >= 0.3 is 0 Å². The number of aromatic nitrogens is 4. The topological polar surface area (TPSA) is 72.7 Å². The van der Waals surface area contributed by atoms with Crippen LogP contribution in [0.1, 0.15) is 45.1 Å². The van der Waals surface area contributed by atoms with Crippen molar-refractivity contribution in [2.75, 3.05) is 6.54 Å². The minimum Gasteiger partial charge on any atom is -0.354 e. The molecule has 1 aromatic carbocycles. The fraction of sp³-hybridized carbons (Fsp3) is 0.444. The van der Waals surface area contributed by atoms with E-state index in [4.69, 9.17) is 0 Å². The summed E-state index contributed by atoms with van der Waals surface area (Å²) >= 11 is 3.40. The van der Waals surface area contributed by atoms with Crippen molar-refractivity contribution < 1.29 is 4.79 Å². The molecule has 1 aliphatic carbocycles. The van der Waals surface area contributed by atoms with E-state index in [9.17, 15) is 4.79 Å². The highest BCUT2D eigenvalue weighted by molar-refractivity contribution is 9.10. The molecule has 132 valence electrons. The molecule has 1 aliphatic rings. The van der Waals surface area contributed by atoms with Crippen molar-refractivity contribution in [3.8, 4) is 11.4 Å². The first-order valence-electron chi connectivity index (χ1n) is 8.64. The van der Waals surface area contributed by atoms with E-state index in [1.165, 1.54) is 29.6 Å². The number of nitrogens with one attached hydrogen (secondary N) is 1. The molecule has 3 rings (SSSR count). The molecule has 1 aromatic heterocycles. The molecule has 0 saturated heterocycles. The Bertz CT molecular complexity index is 753. The van der Waals surface area contributed by atoms with Crippen LogP contribution < -0.4 is 5.32 Å². The molecule has 0 spiro atoms. The van der Waals surface area contributed by atoms with Gasteiger partial charge in [-0.25, -0.2) is 0 Å². The molecule has 1 unspecified atom stereocenters. The Labute approximate surface area is 155 Å². The minimum atomic E-state index is -0.489. The maximum Gasteiger partial charge on any atom is 0.246 e. The second kappa shape index (κ2) is 8.38. The van der Waals surface area contributed by atoms with Gasteiger partial charge in [0.2, 0.25) is 11.7 Å². The standard InChI is InChI=1S/C18H22BrN5O/c1-13(18(25)20-12-11-14-5-3-2-4-6-14)24-22-17(21-23-24)15-7-9-16(19)10-8-15/h5,7-10,13H,2-4,6,11-12H2,1H3,(H,20,25). The molecule has 7 heteroatoms. The lowest BCUT2D eigenvalue weighted by molar-refractivity contribution is -0.124. The first-order chi connectivity index (χ1) is 12.1. The van der Waals surface area contributed by atoms with E-state index < -0.39 is 6.04 Å². The predicted molar refractivity (Wildman–Crippen MR) is 99.8 cm³/mol. The van der Waals surface area contributed by atoms with Crippen molar-refractivity contribution in [2.45, 2.75) is 45.1 Å². The molecule has 1 heterocycles. The molecule has 2 aromatic rings. The lowest BCUT2D eigenvalue weighted by Gasteiger charge is -2.14. The Morgan fingerprint density at radius 3 is 2.84 bits per heavy atom. The zero-order valence-electron chi connectivity index (χ0n) is 14.3. The fourth-order valence-corrected chi connectivity index (χ4v) is 3.10. The van der Waals surface area contributed by atoms with Gasteiger partial charge in [0.15, 0.2) is 0 Å². The first kappa shape index (κ1) is 17.8. The second-order valence-corrected chi connectivity index (χ2v) is 7.18. The maximum atomic E-state index is 12.3. The van der Waals surface area contributed by atoms with Gasteiger partial charge in [-0.3, -0.25) is 4.79 Å². The van der Waals surface area contributed by atoms with Crippen LogP contribution >= 0.6 is 15.9 Å². The Morgan fingerprint density at radius 2 is 2.12 bits per heavy atom. The molecular formula is C18H22BrN5O. The molecular weight excluding hydrogens is 382 g/mol. The van der Waals surface area contributed by atoms with Gasteiger partial charge in [0.1, 0.15) is 6.04 Å². The normalized spacial score (nSPS) is 15.5. The van der Waals surface area contributed by atoms with Gasteiger partial charge in [0.25, 0.3) is 0 Å². The van der Waals surface area contributed by atoms with Crippen molar-refractivity contribution in [2.24, 2.45) is 0 Å². The van der Waals surface area contributed by atoms with Crippen LogP contribution in [0.4, 0.5) is 0 Å². The van der Waals surface area contributed by atoms with E-state index >= 15 is 0 Å². The average Bonchev–Trinajstić information content (AvgIpc) is 3.12. The number of amides is 1. The van der Waals surface area contributed by atoms with Gasteiger partial charge in [-0.2, -0.15) is 4.80 Å². The first-order valence-corrected chi connectivity index (χ1v) is 9.44. The Balaban J connectivity index is 1.55. The van der Waals surface area contributed by atoms with E-state index in [2.05, 4.69) is 42.7 Å². The van der Waals surface area contributed by atoms with Gasteiger partial charge in [0, 0.05) is 16.6 Å². The molecule has 6 nitrogen and oxygen atoms in total. The van der Waals surface area contributed by atoms with Gasteiger partial charge in [-0.05, 0) is 68.5 Å². The summed E-state index contributed by atoms with van der Waals surface area (Å²) in [6.45, 7) is 2.44. The number of tetrazole rings is 1. The SMILES string of the molecule is CC(C(=O)NCCC1=CCCCC1)n1nnc(-c2ccc(Br)cc2)n1. The van der Waals surface area contributed by atoms with Gasteiger partial charge in [0.05, 0.1) is 0 Å². The van der Waals surface area contributed by atoms with Crippen molar-refractivity contribution in [3.05, 3.63) is 40.4 Å². The highest BCUT2D eigenvalue weighted by Gasteiger charge is 2.18. The van der Waals surface area contributed by atoms with E-state index in [1.54, 1.807) is 6.92 Å². The summed E-state index contributed by atoms with van der Waals surface area (Å²) in [6.07, 6.45) is 8.10. The third-order valence-electron chi connectivity index (χ3n) is 4.39. The number of rotatable bonds is 6. The molecule has 25 heavy (non-hydrogen) atoms. The predicted octanol–water partition coefficient (Wildman–Crippen LogP) is 3.67. The summed E-state index contributed by atoms with van der Waals surface area (Å²) in [4.78, 5) is 13.7. The smallest absolute Gasteiger partial charge is 0.246 e. The summed E-state index contributed by atoms with van der Waals surface area (Å²) in [6, 6.07) is 7.18. The van der Waals surface area contributed by atoms with Crippen molar-refractivity contribution in [1.29, 1.82) is 0 Å². The Morgan fingerprint density at radius 1 is 1.32 bits per heavy atom. The number of hydrogen-bond donors (Lipinski definition) is 1. The Kier molecular flexibility index (Phi) is 5.96. The molecule has 0 aliphatic heterocycles. The molecule has 0 bridgehead atoms. The van der Waals surface area contributed by atoms with E-state index in [1.807, 2.05) is 24.3 Å². The van der Waals surface area contributed by atoms with Crippen LogP contribution in [0.15, 0.2) is 40.4 Å². The number of hydrogen-bond acceptors (Lipinski definition) is 4. The number of halogens is 1. The van der Waals surface area contributed by atoms with E-state index in [0.717, 1.165) is 22.9 Å². The highest BCUT2D eigenvalue weighted by Crippen LogP contribution is 2.20. The summed E-state index contributed by atoms with van der Waals surface area (Å²) in [5.41, 5.74) is 2.32. The van der Waals surface area contributed by atoms with Crippen molar-refractivity contribution in [3.63, 3.8) is 0 Å². The highest BCUT2D eigenvalue weighted by atomic mass is 79.9. The van der Waals surface area contributed by atoms with E-state index in [-0.39, 0.29) is 5.91 Å². The summed E-state index contributed by atoms with van der Waals surface area (Å²) < 4.78 is 0.990. The number of benzene rings is 1. The Hall–Kier alpha value is -2.02. The minimum absolute atomic E-state index is 0.0869. The average molecular weight is 404 g/mol. The quantitative estimate of drug-likeness (QED) is 0.746. The monoisotopic (exact) mass is 403 g/mol. The number of allylic oxidation sites excluding steroid dienone is 1. The van der Waals surface area contributed by atoms with Crippen LogP contribution in [-0.2, 0) is 4.79 Å².